The van der Waals surface area contributed by atoms with Gasteiger partial charge in [-0.25, -0.2) is 8.78 Å². The first-order valence-electron chi connectivity index (χ1n) is 6.08. The molecule has 0 aliphatic rings. The molecular weight excluding hydrogens is 244 g/mol. The molecule has 0 fully saturated rings. The van der Waals surface area contributed by atoms with Crippen molar-refractivity contribution in [1.29, 1.82) is 5.26 Å². The molecule has 0 N–H and O–H groups in total. The first-order valence-corrected chi connectivity index (χ1v) is 6.08. The lowest BCUT2D eigenvalue weighted by atomic mass is 9.98. The van der Waals surface area contributed by atoms with Crippen LogP contribution in [0.2, 0.25) is 0 Å². The van der Waals surface area contributed by atoms with Crippen molar-refractivity contribution in [3.63, 3.8) is 0 Å². The second kappa shape index (κ2) is 6.65. The van der Waals surface area contributed by atoms with Crippen LogP contribution < -0.4 is 0 Å². The summed E-state index contributed by atoms with van der Waals surface area (Å²) >= 11 is 0. The number of halogens is 2. The second-order valence-electron chi connectivity index (χ2n) is 3.76. The van der Waals surface area contributed by atoms with Crippen LogP contribution in [0, 0.1) is 29.9 Å². The highest BCUT2D eigenvalue weighted by molar-refractivity contribution is 5.72. The average Bonchev–Trinajstić information content (AvgIpc) is 2.44. The molecule has 98 valence electrons. The van der Waals surface area contributed by atoms with Crippen LogP contribution in [0.25, 0.3) is 11.1 Å². The van der Waals surface area contributed by atoms with Crippen molar-refractivity contribution < 1.29 is 8.78 Å². The largest absolute Gasteiger partial charge is 0.206 e. The highest BCUT2D eigenvalue weighted by Gasteiger charge is 2.14. The Kier molecular flexibility index (Phi) is 5.20. The van der Waals surface area contributed by atoms with E-state index in [0.717, 1.165) is 5.56 Å². The zero-order valence-electron chi connectivity index (χ0n) is 11.2. The van der Waals surface area contributed by atoms with Gasteiger partial charge in [0.05, 0.1) is 11.6 Å². The Balaban J connectivity index is 0.000000861. The van der Waals surface area contributed by atoms with Crippen LogP contribution in [-0.2, 0) is 0 Å². The standard InChI is InChI=1S/C14H9F2N.C2H6/c1-9-5-6-12(15)11(7-9)14-10(8-17)3-2-4-13(14)16;1-2/h2-7H,1H3;1-2H3. The van der Waals surface area contributed by atoms with E-state index in [9.17, 15) is 8.78 Å². The normalized spacial score (nSPS) is 9.26. The zero-order valence-corrected chi connectivity index (χ0v) is 11.2. The zero-order chi connectivity index (χ0) is 14.4. The van der Waals surface area contributed by atoms with Gasteiger partial charge in [0.15, 0.2) is 0 Å². The van der Waals surface area contributed by atoms with E-state index in [2.05, 4.69) is 0 Å². The maximum absolute atomic E-state index is 13.7. The molecule has 2 rings (SSSR count). The molecular formula is C16H15F2N. The Morgan fingerprint density at radius 2 is 1.68 bits per heavy atom. The fourth-order valence-corrected chi connectivity index (χ4v) is 1.72. The topological polar surface area (TPSA) is 23.8 Å². The average molecular weight is 259 g/mol. The molecule has 0 unspecified atom stereocenters. The summed E-state index contributed by atoms with van der Waals surface area (Å²) in [6, 6.07) is 10.4. The van der Waals surface area contributed by atoms with Crippen molar-refractivity contribution in [3.8, 4) is 17.2 Å². The van der Waals surface area contributed by atoms with Crippen molar-refractivity contribution in [3.05, 3.63) is 59.2 Å². The van der Waals surface area contributed by atoms with E-state index in [1.807, 2.05) is 19.9 Å². The van der Waals surface area contributed by atoms with Gasteiger partial charge in [-0.1, -0.05) is 31.5 Å². The van der Waals surface area contributed by atoms with E-state index >= 15 is 0 Å². The lowest BCUT2D eigenvalue weighted by Crippen LogP contribution is -1.93. The molecule has 2 aromatic rings. The molecule has 2 aromatic carbocycles. The molecule has 0 spiro atoms. The monoisotopic (exact) mass is 259 g/mol. The van der Waals surface area contributed by atoms with Crippen molar-refractivity contribution in [2.45, 2.75) is 20.8 Å². The number of hydrogen-bond acceptors (Lipinski definition) is 1. The van der Waals surface area contributed by atoms with Crippen LogP contribution in [0.1, 0.15) is 25.0 Å². The van der Waals surface area contributed by atoms with Crippen LogP contribution in [-0.4, -0.2) is 0 Å². The molecule has 0 aliphatic heterocycles. The van der Waals surface area contributed by atoms with E-state index in [1.165, 1.54) is 30.3 Å². The smallest absolute Gasteiger partial charge is 0.132 e. The van der Waals surface area contributed by atoms with Gasteiger partial charge in [0.1, 0.15) is 11.6 Å². The minimum atomic E-state index is -0.589. The first-order chi connectivity index (χ1) is 9.13. The SMILES string of the molecule is CC.Cc1ccc(F)c(-c2c(F)cccc2C#N)c1. The molecule has 19 heavy (non-hydrogen) atoms. The Morgan fingerprint density at radius 1 is 1.00 bits per heavy atom. The van der Waals surface area contributed by atoms with E-state index < -0.39 is 11.6 Å². The molecule has 1 nitrogen and oxygen atoms in total. The van der Waals surface area contributed by atoms with E-state index in [0.29, 0.717) is 0 Å². The Labute approximate surface area is 112 Å². The van der Waals surface area contributed by atoms with Crippen LogP contribution in [0.15, 0.2) is 36.4 Å². The molecule has 0 radical (unpaired) electrons. The minimum absolute atomic E-state index is 0.0243. The van der Waals surface area contributed by atoms with E-state index in [-0.39, 0.29) is 16.7 Å². The van der Waals surface area contributed by atoms with Crippen molar-refractivity contribution in [2.75, 3.05) is 0 Å². The van der Waals surface area contributed by atoms with Crippen LogP contribution in [0.5, 0.6) is 0 Å². The molecule has 0 heterocycles. The summed E-state index contributed by atoms with van der Waals surface area (Å²) in [5.41, 5.74) is 1.10. The molecule has 0 saturated heterocycles. The minimum Gasteiger partial charge on any atom is -0.206 e. The molecule has 0 atom stereocenters. The number of benzene rings is 2. The highest BCUT2D eigenvalue weighted by atomic mass is 19.1. The van der Waals surface area contributed by atoms with Gasteiger partial charge < -0.3 is 0 Å². The summed E-state index contributed by atoms with van der Waals surface area (Å²) in [4.78, 5) is 0. The summed E-state index contributed by atoms with van der Waals surface area (Å²) in [7, 11) is 0. The molecule has 0 aliphatic carbocycles. The number of hydrogen-bond donors (Lipinski definition) is 0. The Hall–Kier alpha value is -2.21. The number of rotatable bonds is 1. The number of nitrogens with zero attached hydrogens (tertiary/aromatic N) is 1. The van der Waals surface area contributed by atoms with Gasteiger partial charge in [-0.3, -0.25) is 0 Å². The predicted molar refractivity (Wildman–Crippen MR) is 72.6 cm³/mol. The molecule has 0 saturated carbocycles. The van der Waals surface area contributed by atoms with Gasteiger partial charge in [-0.2, -0.15) is 5.26 Å². The summed E-state index contributed by atoms with van der Waals surface area (Å²) in [5, 5.41) is 8.93. The van der Waals surface area contributed by atoms with Gasteiger partial charge in [-0.15, -0.1) is 0 Å². The summed E-state index contributed by atoms with van der Waals surface area (Å²) in [6.45, 7) is 5.79. The molecule has 3 heteroatoms. The van der Waals surface area contributed by atoms with Gasteiger partial charge in [0, 0.05) is 11.1 Å². The van der Waals surface area contributed by atoms with Gasteiger partial charge in [-0.05, 0) is 31.2 Å². The summed E-state index contributed by atoms with van der Waals surface area (Å²) < 4.78 is 27.4. The quantitative estimate of drug-likeness (QED) is 0.719. The van der Waals surface area contributed by atoms with Crippen molar-refractivity contribution in [1.82, 2.24) is 0 Å². The summed E-state index contributed by atoms with van der Waals surface area (Å²) in [5.74, 6) is -1.12. The first kappa shape index (κ1) is 14.8. The van der Waals surface area contributed by atoms with Crippen LogP contribution in [0.4, 0.5) is 8.78 Å². The summed E-state index contributed by atoms with van der Waals surface area (Å²) in [6.07, 6.45) is 0. The van der Waals surface area contributed by atoms with Gasteiger partial charge in [0.25, 0.3) is 0 Å². The fraction of sp³-hybridized carbons (Fsp3) is 0.188. The number of aryl methyl sites for hydroxylation is 1. The third-order valence-electron chi connectivity index (χ3n) is 2.53. The fourth-order valence-electron chi connectivity index (χ4n) is 1.72. The highest BCUT2D eigenvalue weighted by Crippen LogP contribution is 2.29. The Morgan fingerprint density at radius 3 is 2.32 bits per heavy atom. The molecule has 0 aromatic heterocycles. The third-order valence-corrected chi connectivity index (χ3v) is 2.53. The predicted octanol–water partition coefficient (Wildman–Crippen LogP) is 4.84. The van der Waals surface area contributed by atoms with Gasteiger partial charge in [0.2, 0.25) is 0 Å². The van der Waals surface area contributed by atoms with Crippen LogP contribution in [0.3, 0.4) is 0 Å². The van der Waals surface area contributed by atoms with E-state index in [4.69, 9.17) is 5.26 Å². The molecule has 0 amide bonds. The molecule has 0 bridgehead atoms. The number of nitriles is 1. The van der Waals surface area contributed by atoms with E-state index in [1.54, 1.807) is 13.0 Å². The van der Waals surface area contributed by atoms with Crippen LogP contribution >= 0.6 is 0 Å². The third kappa shape index (κ3) is 3.17. The van der Waals surface area contributed by atoms with Crippen molar-refractivity contribution >= 4 is 0 Å². The Bertz CT molecular complexity index is 613. The maximum atomic E-state index is 13.7. The lowest BCUT2D eigenvalue weighted by molar-refractivity contribution is 0.615. The lowest BCUT2D eigenvalue weighted by Gasteiger charge is -2.08. The second-order valence-corrected chi connectivity index (χ2v) is 3.76. The van der Waals surface area contributed by atoms with Crippen molar-refractivity contribution in [2.24, 2.45) is 0 Å². The maximum Gasteiger partial charge on any atom is 0.132 e. The van der Waals surface area contributed by atoms with Gasteiger partial charge >= 0.3 is 0 Å².